The standard InChI is InChI=1S/C21H22ClF2N5O4/c1-4-15(30)16-9-29-19(20(31)27(3)33-16)11-8-28(10(2)7-14(11)26-29)21(32)25-13-6-5-12(23)17(22)18(13)24/h5-6,10,16H,4,7-9H2,1-3H3,(H,25,32)/t10-,16-/m1/s1. The van der Waals surface area contributed by atoms with Crippen LogP contribution in [0.2, 0.25) is 5.02 Å². The van der Waals surface area contributed by atoms with Crippen LogP contribution >= 0.6 is 11.6 Å². The van der Waals surface area contributed by atoms with Crippen LogP contribution in [0, 0.1) is 11.6 Å². The lowest BCUT2D eigenvalue weighted by Crippen LogP contribution is -2.45. The summed E-state index contributed by atoms with van der Waals surface area (Å²) in [6, 6.07) is 1.08. The zero-order valence-corrected chi connectivity index (χ0v) is 18.9. The van der Waals surface area contributed by atoms with E-state index in [9.17, 15) is 23.2 Å². The fourth-order valence-electron chi connectivity index (χ4n) is 4.01. The van der Waals surface area contributed by atoms with Gasteiger partial charge in [0.2, 0.25) is 0 Å². The molecule has 0 radical (unpaired) electrons. The highest BCUT2D eigenvalue weighted by Crippen LogP contribution is 2.30. The lowest BCUT2D eigenvalue weighted by molar-refractivity contribution is -0.166. The van der Waals surface area contributed by atoms with Gasteiger partial charge in [-0.15, -0.1) is 0 Å². The van der Waals surface area contributed by atoms with E-state index in [1.807, 2.05) is 0 Å². The van der Waals surface area contributed by atoms with Gasteiger partial charge in [-0.2, -0.15) is 5.10 Å². The molecule has 0 unspecified atom stereocenters. The zero-order valence-electron chi connectivity index (χ0n) is 18.2. The van der Waals surface area contributed by atoms with Gasteiger partial charge in [-0.3, -0.25) is 19.1 Å². The highest BCUT2D eigenvalue weighted by atomic mass is 35.5. The van der Waals surface area contributed by atoms with Crippen LogP contribution < -0.4 is 5.32 Å². The Morgan fingerprint density at radius 3 is 2.76 bits per heavy atom. The summed E-state index contributed by atoms with van der Waals surface area (Å²) >= 11 is 5.60. The summed E-state index contributed by atoms with van der Waals surface area (Å²) in [4.78, 5) is 45.1. The zero-order chi connectivity index (χ0) is 24.0. The van der Waals surface area contributed by atoms with Crippen molar-refractivity contribution >= 4 is 35.0 Å². The molecule has 0 fully saturated rings. The molecule has 0 bridgehead atoms. The van der Waals surface area contributed by atoms with E-state index < -0.39 is 34.7 Å². The number of amides is 3. The third kappa shape index (κ3) is 4.06. The number of carbonyl (C=O) groups is 3. The van der Waals surface area contributed by atoms with Gasteiger partial charge in [0.05, 0.1) is 24.5 Å². The van der Waals surface area contributed by atoms with Crippen molar-refractivity contribution in [2.75, 3.05) is 12.4 Å². The Morgan fingerprint density at radius 1 is 1.33 bits per heavy atom. The van der Waals surface area contributed by atoms with Crippen LogP contribution in [0.5, 0.6) is 0 Å². The first-order valence-electron chi connectivity index (χ1n) is 10.4. The van der Waals surface area contributed by atoms with Crippen LogP contribution in [-0.2, 0) is 29.1 Å². The van der Waals surface area contributed by atoms with Crippen molar-refractivity contribution in [1.29, 1.82) is 0 Å². The van der Waals surface area contributed by atoms with Gasteiger partial charge in [-0.25, -0.2) is 18.6 Å². The fourth-order valence-corrected chi connectivity index (χ4v) is 4.18. The van der Waals surface area contributed by atoms with Gasteiger partial charge in [0.25, 0.3) is 5.91 Å². The van der Waals surface area contributed by atoms with E-state index in [0.717, 1.165) is 17.2 Å². The topological polar surface area (TPSA) is 96.8 Å². The second kappa shape index (κ2) is 8.71. The first kappa shape index (κ1) is 23.1. The summed E-state index contributed by atoms with van der Waals surface area (Å²) in [5, 5.41) is 7.24. The number of fused-ring (bicyclic) bond motifs is 3. The molecule has 3 amide bonds. The van der Waals surface area contributed by atoms with Crippen LogP contribution in [0.4, 0.5) is 19.3 Å². The number of carbonyl (C=O) groups excluding carboxylic acids is 3. The number of halogens is 3. The number of Topliss-reactive ketones (excluding diaryl/α,β-unsaturated/α-hetero) is 1. The number of benzene rings is 1. The summed E-state index contributed by atoms with van der Waals surface area (Å²) < 4.78 is 29.2. The Labute approximate surface area is 193 Å². The molecule has 2 aliphatic heterocycles. The number of hydrogen-bond donors (Lipinski definition) is 1. The van der Waals surface area contributed by atoms with E-state index in [1.54, 1.807) is 13.8 Å². The molecule has 4 rings (SSSR count). The number of ketones is 1. The molecule has 9 nitrogen and oxygen atoms in total. The molecule has 0 saturated heterocycles. The first-order chi connectivity index (χ1) is 15.6. The Bertz CT molecular complexity index is 1150. The predicted octanol–water partition coefficient (Wildman–Crippen LogP) is 3.16. The van der Waals surface area contributed by atoms with Crippen molar-refractivity contribution in [2.45, 2.75) is 51.9 Å². The van der Waals surface area contributed by atoms with Crippen molar-refractivity contribution in [1.82, 2.24) is 19.7 Å². The second-order valence-electron chi connectivity index (χ2n) is 8.01. The number of nitrogens with zero attached hydrogens (tertiary/aromatic N) is 4. The molecule has 1 aromatic heterocycles. The van der Waals surface area contributed by atoms with Crippen molar-refractivity contribution in [2.24, 2.45) is 0 Å². The van der Waals surface area contributed by atoms with Crippen molar-refractivity contribution < 1.29 is 28.0 Å². The molecule has 0 aliphatic carbocycles. The molecule has 0 spiro atoms. The van der Waals surface area contributed by atoms with Gasteiger partial charge in [0, 0.05) is 31.5 Å². The van der Waals surface area contributed by atoms with E-state index in [0.29, 0.717) is 17.7 Å². The highest BCUT2D eigenvalue weighted by Gasteiger charge is 2.38. The predicted molar refractivity (Wildman–Crippen MR) is 114 cm³/mol. The summed E-state index contributed by atoms with van der Waals surface area (Å²) in [6.45, 7) is 3.61. The molecule has 0 saturated carbocycles. The minimum atomic E-state index is -1.07. The monoisotopic (exact) mass is 481 g/mol. The van der Waals surface area contributed by atoms with Gasteiger partial charge < -0.3 is 10.2 Å². The van der Waals surface area contributed by atoms with Gasteiger partial charge in [0.15, 0.2) is 17.7 Å². The van der Waals surface area contributed by atoms with Crippen LogP contribution in [-0.4, -0.2) is 56.7 Å². The third-order valence-corrected chi connectivity index (χ3v) is 6.19. The summed E-state index contributed by atoms with van der Waals surface area (Å²) in [5.41, 5.74) is 1.15. The van der Waals surface area contributed by atoms with E-state index in [4.69, 9.17) is 16.4 Å². The maximum atomic E-state index is 14.3. The number of anilines is 1. The molecular weight excluding hydrogens is 460 g/mol. The molecule has 33 heavy (non-hydrogen) atoms. The molecule has 2 aromatic rings. The molecule has 3 heterocycles. The van der Waals surface area contributed by atoms with E-state index >= 15 is 0 Å². The number of rotatable bonds is 3. The lowest BCUT2D eigenvalue weighted by Gasteiger charge is -2.33. The number of nitrogens with one attached hydrogen (secondary N) is 1. The van der Waals surface area contributed by atoms with Crippen LogP contribution in [0.1, 0.15) is 42.0 Å². The molecule has 1 N–H and O–H groups in total. The quantitative estimate of drug-likeness (QED) is 0.679. The van der Waals surface area contributed by atoms with E-state index in [2.05, 4.69) is 10.4 Å². The smallest absolute Gasteiger partial charge is 0.317 e. The third-order valence-electron chi connectivity index (χ3n) is 5.84. The second-order valence-corrected chi connectivity index (χ2v) is 8.38. The van der Waals surface area contributed by atoms with Gasteiger partial charge >= 0.3 is 6.03 Å². The molecular formula is C21H22ClF2N5O4. The minimum Gasteiger partial charge on any atom is -0.317 e. The SMILES string of the molecule is CCC(=O)[C@H]1Cn2nc3c(c2C(=O)N(C)O1)CN(C(=O)Nc1ccc(F)c(Cl)c1F)[C@H](C)C3. The Kier molecular flexibility index (Phi) is 6.10. The van der Waals surface area contributed by atoms with Gasteiger partial charge in [0.1, 0.15) is 16.5 Å². The van der Waals surface area contributed by atoms with Gasteiger partial charge in [-0.1, -0.05) is 18.5 Å². The van der Waals surface area contributed by atoms with Crippen molar-refractivity contribution in [3.63, 3.8) is 0 Å². The van der Waals surface area contributed by atoms with E-state index in [-0.39, 0.29) is 42.7 Å². The van der Waals surface area contributed by atoms with Gasteiger partial charge in [-0.05, 0) is 19.1 Å². The first-order valence-corrected chi connectivity index (χ1v) is 10.8. The Balaban J connectivity index is 1.63. The van der Waals surface area contributed by atoms with Crippen LogP contribution in [0.15, 0.2) is 12.1 Å². The van der Waals surface area contributed by atoms with Crippen LogP contribution in [0.25, 0.3) is 0 Å². The molecule has 2 atom stereocenters. The average Bonchev–Trinajstić information content (AvgIpc) is 3.07. The maximum Gasteiger partial charge on any atom is 0.322 e. The Hall–Kier alpha value is -3.05. The fraction of sp³-hybridized carbons (Fsp3) is 0.429. The molecule has 1 aromatic carbocycles. The van der Waals surface area contributed by atoms with Crippen molar-refractivity contribution in [3.8, 4) is 0 Å². The minimum absolute atomic E-state index is 0.0280. The van der Waals surface area contributed by atoms with Crippen LogP contribution in [0.3, 0.4) is 0 Å². The molecule has 2 aliphatic rings. The van der Waals surface area contributed by atoms with E-state index in [1.165, 1.54) is 16.6 Å². The summed E-state index contributed by atoms with van der Waals surface area (Å²) in [6.07, 6.45) is -0.257. The largest absolute Gasteiger partial charge is 0.322 e. The maximum absolute atomic E-state index is 14.3. The molecule has 12 heteroatoms. The summed E-state index contributed by atoms with van der Waals surface area (Å²) in [5.74, 6) is -2.66. The summed E-state index contributed by atoms with van der Waals surface area (Å²) in [7, 11) is 1.42. The number of hydrogen-bond acceptors (Lipinski definition) is 5. The lowest BCUT2D eigenvalue weighted by atomic mass is 9.99. The highest BCUT2D eigenvalue weighted by molar-refractivity contribution is 6.31. The molecule has 176 valence electrons. The average molecular weight is 482 g/mol. The normalized spacial score (nSPS) is 20.2. The van der Waals surface area contributed by atoms with Crippen molar-refractivity contribution in [3.05, 3.63) is 45.7 Å². The number of aromatic nitrogens is 2. The number of hydroxylamine groups is 2. The number of urea groups is 1. The Morgan fingerprint density at radius 2 is 2.06 bits per heavy atom.